The van der Waals surface area contributed by atoms with Gasteiger partial charge >= 0.3 is 5.97 Å². The molecule has 1 unspecified atom stereocenters. The van der Waals surface area contributed by atoms with Crippen molar-refractivity contribution < 1.29 is 13.9 Å². The largest absolute Gasteiger partial charge is 0.466 e. The minimum atomic E-state index is -0.358. The highest BCUT2D eigenvalue weighted by atomic mass is 35.5. The van der Waals surface area contributed by atoms with Crippen molar-refractivity contribution in [3.05, 3.63) is 40.9 Å². The Balaban J connectivity index is 2.85. The first-order valence-corrected chi connectivity index (χ1v) is 8.45. The Morgan fingerprint density at radius 1 is 1.46 bits per heavy atom. The minimum Gasteiger partial charge on any atom is -0.466 e. The maximum atomic E-state index is 11.5. The molecule has 1 heterocycles. The van der Waals surface area contributed by atoms with Gasteiger partial charge in [-0.1, -0.05) is 18.1 Å². The van der Waals surface area contributed by atoms with Gasteiger partial charge in [-0.3, -0.25) is 0 Å². The van der Waals surface area contributed by atoms with Crippen molar-refractivity contribution in [3.8, 4) is 11.8 Å². The van der Waals surface area contributed by atoms with E-state index in [0.29, 0.717) is 23.1 Å². The molecule has 0 aromatic carbocycles. The standard InChI is InChI=1S/C20H25ClO3/c1-14(2)17(9-7-6-8-10-21)13-19-15(3)11-18(24-19)12-16(4)20(22)23-5/h11-12,17H,1,7,9-10,13H2,2-5H3/b16-12-. The number of halogens is 1. The molecule has 0 bridgehead atoms. The summed E-state index contributed by atoms with van der Waals surface area (Å²) in [5.74, 6) is 7.81. The molecule has 0 N–H and O–H groups in total. The maximum absolute atomic E-state index is 11.5. The van der Waals surface area contributed by atoms with Crippen LogP contribution in [0.2, 0.25) is 0 Å². The van der Waals surface area contributed by atoms with E-state index < -0.39 is 0 Å². The van der Waals surface area contributed by atoms with Crippen molar-refractivity contribution in [3.63, 3.8) is 0 Å². The normalized spacial score (nSPS) is 12.3. The molecule has 1 rings (SSSR count). The first kappa shape index (κ1) is 20.1. The van der Waals surface area contributed by atoms with E-state index in [1.54, 1.807) is 13.0 Å². The highest BCUT2D eigenvalue weighted by Gasteiger charge is 2.15. The van der Waals surface area contributed by atoms with Crippen LogP contribution in [0.4, 0.5) is 0 Å². The summed E-state index contributed by atoms with van der Waals surface area (Å²) in [5, 5.41) is 0. The summed E-state index contributed by atoms with van der Waals surface area (Å²) < 4.78 is 10.6. The average molecular weight is 349 g/mol. The fourth-order valence-electron chi connectivity index (χ4n) is 2.38. The predicted molar refractivity (Wildman–Crippen MR) is 98.9 cm³/mol. The van der Waals surface area contributed by atoms with Crippen LogP contribution in [0.15, 0.2) is 28.2 Å². The van der Waals surface area contributed by atoms with Crippen LogP contribution in [-0.4, -0.2) is 19.0 Å². The molecule has 4 heteroatoms. The molecular weight excluding hydrogens is 324 g/mol. The van der Waals surface area contributed by atoms with Crippen LogP contribution in [0.25, 0.3) is 6.08 Å². The zero-order valence-electron chi connectivity index (χ0n) is 14.9. The Hall–Kier alpha value is -1.92. The van der Waals surface area contributed by atoms with Crippen molar-refractivity contribution >= 4 is 23.6 Å². The molecule has 0 saturated heterocycles. The molecule has 0 amide bonds. The molecule has 1 aromatic heterocycles. The van der Waals surface area contributed by atoms with Gasteiger partial charge in [0.15, 0.2) is 0 Å². The molecule has 0 spiro atoms. The molecule has 24 heavy (non-hydrogen) atoms. The number of rotatable bonds is 7. The monoisotopic (exact) mass is 348 g/mol. The summed E-state index contributed by atoms with van der Waals surface area (Å²) >= 11 is 5.56. The lowest BCUT2D eigenvalue weighted by Gasteiger charge is -2.14. The Labute approximate surface area is 149 Å². The van der Waals surface area contributed by atoms with E-state index >= 15 is 0 Å². The maximum Gasteiger partial charge on any atom is 0.333 e. The molecule has 0 aliphatic carbocycles. The molecule has 0 saturated carbocycles. The average Bonchev–Trinajstić information content (AvgIpc) is 2.88. The number of methoxy groups -OCH3 is 1. The first-order chi connectivity index (χ1) is 11.4. The second kappa shape index (κ2) is 10.1. The van der Waals surface area contributed by atoms with Crippen molar-refractivity contribution in [1.82, 2.24) is 0 Å². The summed E-state index contributed by atoms with van der Waals surface area (Å²) in [6.07, 6.45) is 4.18. The van der Waals surface area contributed by atoms with Gasteiger partial charge in [0.05, 0.1) is 13.0 Å². The second-order valence-corrected chi connectivity index (χ2v) is 6.11. The van der Waals surface area contributed by atoms with Gasteiger partial charge in [0.25, 0.3) is 0 Å². The van der Waals surface area contributed by atoms with E-state index in [2.05, 4.69) is 18.4 Å². The lowest BCUT2D eigenvalue weighted by atomic mass is 9.91. The van der Waals surface area contributed by atoms with Crippen LogP contribution in [0.1, 0.15) is 43.8 Å². The lowest BCUT2D eigenvalue weighted by Crippen LogP contribution is -2.05. The Morgan fingerprint density at radius 2 is 2.17 bits per heavy atom. The molecule has 1 aromatic rings. The number of allylic oxidation sites excluding steroid dienone is 1. The van der Waals surface area contributed by atoms with Crippen LogP contribution in [0.3, 0.4) is 0 Å². The quantitative estimate of drug-likeness (QED) is 0.231. The van der Waals surface area contributed by atoms with Crippen LogP contribution < -0.4 is 0 Å². The number of aryl methyl sites for hydroxylation is 1. The van der Waals surface area contributed by atoms with E-state index in [1.165, 1.54) is 7.11 Å². The topological polar surface area (TPSA) is 39.4 Å². The van der Waals surface area contributed by atoms with Crippen molar-refractivity contribution in [2.24, 2.45) is 5.92 Å². The summed E-state index contributed by atoms with van der Waals surface area (Å²) in [6.45, 7) is 9.82. The molecule has 0 aliphatic rings. The number of carbonyl (C=O) groups is 1. The number of hydrogen-bond acceptors (Lipinski definition) is 3. The third-order valence-electron chi connectivity index (χ3n) is 3.84. The zero-order chi connectivity index (χ0) is 18.1. The molecular formula is C20H25ClO3. The molecule has 3 nitrogen and oxygen atoms in total. The van der Waals surface area contributed by atoms with E-state index in [4.69, 9.17) is 20.8 Å². The molecule has 1 atom stereocenters. The zero-order valence-corrected chi connectivity index (χ0v) is 15.6. The van der Waals surface area contributed by atoms with Gasteiger partial charge in [0.2, 0.25) is 0 Å². The van der Waals surface area contributed by atoms with Crippen molar-refractivity contribution in [2.75, 3.05) is 13.0 Å². The second-order valence-electron chi connectivity index (χ2n) is 5.85. The van der Waals surface area contributed by atoms with Gasteiger partial charge in [-0.25, -0.2) is 4.79 Å². The van der Waals surface area contributed by atoms with E-state index in [0.717, 1.165) is 36.2 Å². The number of carbonyl (C=O) groups excluding carboxylic acids is 1. The number of hydrogen-bond donors (Lipinski definition) is 0. The molecule has 0 aliphatic heterocycles. The third kappa shape index (κ3) is 6.29. The van der Waals surface area contributed by atoms with Crippen LogP contribution in [0.5, 0.6) is 0 Å². The van der Waals surface area contributed by atoms with Crippen molar-refractivity contribution in [1.29, 1.82) is 0 Å². The summed E-state index contributed by atoms with van der Waals surface area (Å²) in [5.41, 5.74) is 2.68. The molecule has 0 fully saturated rings. The number of ether oxygens (including phenoxy) is 1. The van der Waals surface area contributed by atoms with Gasteiger partial charge in [-0.2, -0.15) is 0 Å². The Kier molecular flexibility index (Phi) is 8.43. The van der Waals surface area contributed by atoms with Gasteiger partial charge in [-0.15, -0.1) is 17.5 Å². The molecule has 0 radical (unpaired) electrons. The van der Waals surface area contributed by atoms with E-state index in [1.807, 2.05) is 19.9 Å². The SMILES string of the molecule is C=C(C)C(CCC#CCCl)Cc1oc(/C=C(/C)C(=O)OC)cc1C. The number of esters is 1. The number of furan rings is 1. The summed E-state index contributed by atoms with van der Waals surface area (Å²) in [6, 6.07) is 1.94. The van der Waals surface area contributed by atoms with Gasteiger partial charge < -0.3 is 9.15 Å². The lowest BCUT2D eigenvalue weighted by molar-refractivity contribution is -0.135. The van der Waals surface area contributed by atoms with Crippen LogP contribution in [-0.2, 0) is 16.0 Å². The summed E-state index contributed by atoms with van der Waals surface area (Å²) in [4.78, 5) is 11.5. The highest BCUT2D eigenvalue weighted by Crippen LogP contribution is 2.25. The van der Waals surface area contributed by atoms with Crippen LogP contribution in [0, 0.1) is 24.7 Å². The Bertz CT molecular complexity index is 671. The van der Waals surface area contributed by atoms with E-state index in [9.17, 15) is 4.79 Å². The molecule has 130 valence electrons. The third-order valence-corrected chi connectivity index (χ3v) is 3.98. The van der Waals surface area contributed by atoms with Crippen LogP contribution >= 0.6 is 11.6 Å². The highest BCUT2D eigenvalue weighted by molar-refractivity contribution is 6.19. The van der Waals surface area contributed by atoms with Gasteiger partial charge in [0, 0.05) is 18.4 Å². The van der Waals surface area contributed by atoms with Crippen molar-refractivity contribution in [2.45, 2.75) is 40.0 Å². The van der Waals surface area contributed by atoms with Gasteiger partial charge in [-0.05, 0) is 50.8 Å². The predicted octanol–water partition coefficient (Wildman–Crippen LogP) is 4.92. The van der Waals surface area contributed by atoms with E-state index in [-0.39, 0.29) is 5.97 Å². The Morgan fingerprint density at radius 3 is 2.75 bits per heavy atom. The minimum absolute atomic E-state index is 0.304. The first-order valence-electron chi connectivity index (χ1n) is 7.92. The number of alkyl halides is 1. The fraction of sp³-hybridized carbons (Fsp3) is 0.450. The fourth-order valence-corrected chi connectivity index (χ4v) is 2.48. The van der Waals surface area contributed by atoms with Gasteiger partial charge in [0.1, 0.15) is 11.5 Å². The smallest absolute Gasteiger partial charge is 0.333 e. The summed E-state index contributed by atoms with van der Waals surface area (Å²) in [7, 11) is 1.36.